The number of aromatic amines is 1. The fourth-order valence-electron chi connectivity index (χ4n) is 3.50. The van der Waals surface area contributed by atoms with Crippen molar-refractivity contribution in [2.75, 3.05) is 31.1 Å². The molecule has 3 aromatic rings. The predicted molar refractivity (Wildman–Crippen MR) is 121 cm³/mol. The zero-order valence-electron chi connectivity index (χ0n) is 17.5. The van der Waals surface area contributed by atoms with Crippen molar-refractivity contribution in [3.05, 3.63) is 67.4 Å². The average molecular weight is 457 g/mol. The lowest BCUT2D eigenvalue weighted by molar-refractivity contribution is 0.0944. The van der Waals surface area contributed by atoms with Gasteiger partial charge in [-0.1, -0.05) is 6.07 Å². The lowest BCUT2D eigenvalue weighted by Gasteiger charge is -2.27. The molecule has 168 valence electrons. The van der Waals surface area contributed by atoms with Crippen molar-refractivity contribution in [2.45, 2.75) is 25.8 Å². The minimum atomic E-state index is -0.637. The molecule has 32 heavy (non-hydrogen) atoms. The highest BCUT2D eigenvalue weighted by atomic mass is 32.1. The minimum absolute atomic E-state index is 0.114. The Bertz CT molecular complexity index is 1170. The second-order valence-corrected chi connectivity index (χ2v) is 8.38. The van der Waals surface area contributed by atoms with E-state index in [4.69, 9.17) is 4.74 Å². The second kappa shape index (κ2) is 10.2. The molecule has 1 aliphatic heterocycles. The molecule has 0 aromatic carbocycles. The van der Waals surface area contributed by atoms with E-state index in [9.17, 15) is 14.4 Å². The van der Waals surface area contributed by atoms with Crippen LogP contribution in [-0.2, 0) is 6.54 Å². The van der Waals surface area contributed by atoms with Crippen molar-refractivity contribution in [2.24, 2.45) is 0 Å². The summed E-state index contributed by atoms with van der Waals surface area (Å²) in [5.74, 6) is 0.682. The molecule has 3 aromatic heterocycles. The van der Waals surface area contributed by atoms with Gasteiger partial charge in [0.25, 0.3) is 11.5 Å². The molecule has 0 bridgehead atoms. The van der Waals surface area contributed by atoms with E-state index in [0.29, 0.717) is 5.88 Å². The van der Waals surface area contributed by atoms with Gasteiger partial charge >= 0.3 is 5.69 Å². The number of hydrogen-bond donors (Lipinski definition) is 2. The van der Waals surface area contributed by atoms with Crippen molar-refractivity contribution >= 4 is 23.1 Å². The van der Waals surface area contributed by atoms with Crippen molar-refractivity contribution < 1.29 is 9.53 Å². The molecule has 11 heteroatoms. The Labute approximate surface area is 187 Å². The van der Waals surface area contributed by atoms with Gasteiger partial charge in [-0.05, 0) is 30.7 Å². The van der Waals surface area contributed by atoms with E-state index in [1.165, 1.54) is 24.1 Å². The van der Waals surface area contributed by atoms with E-state index in [0.717, 1.165) is 47.4 Å². The molecule has 0 aliphatic carbocycles. The van der Waals surface area contributed by atoms with Crippen molar-refractivity contribution in [3.63, 3.8) is 0 Å². The largest absolute Gasteiger partial charge is 0.476 e. The third-order valence-corrected chi connectivity index (χ3v) is 6.01. The van der Waals surface area contributed by atoms with Gasteiger partial charge < -0.3 is 19.9 Å². The van der Waals surface area contributed by atoms with E-state index < -0.39 is 17.2 Å². The third-order valence-electron chi connectivity index (χ3n) is 5.14. The Morgan fingerprint density at radius 1 is 1.22 bits per heavy atom. The van der Waals surface area contributed by atoms with Crippen LogP contribution in [0.1, 0.15) is 34.5 Å². The number of rotatable bonds is 8. The lowest BCUT2D eigenvalue weighted by atomic mass is 10.1. The van der Waals surface area contributed by atoms with Gasteiger partial charge in [0.2, 0.25) is 5.88 Å². The number of H-pyrrole nitrogens is 1. The summed E-state index contributed by atoms with van der Waals surface area (Å²) in [6.07, 6.45) is 6.13. The fourth-order valence-corrected chi connectivity index (χ4v) is 4.19. The van der Waals surface area contributed by atoms with Crippen molar-refractivity contribution in [3.8, 4) is 5.88 Å². The summed E-state index contributed by atoms with van der Waals surface area (Å²) in [6, 6.07) is 5.45. The maximum absolute atomic E-state index is 12.6. The molecule has 1 fully saturated rings. The maximum atomic E-state index is 12.6. The van der Waals surface area contributed by atoms with Gasteiger partial charge in [0.1, 0.15) is 24.3 Å². The number of hydrogen-bond acceptors (Lipinski definition) is 8. The summed E-state index contributed by atoms with van der Waals surface area (Å²) < 4.78 is 6.65. The van der Waals surface area contributed by atoms with Gasteiger partial charge in [-0.3, -0.25) is 14.2 Å². The molecule has 1 amide bonds. The smallest absolute Gasteiger partial charge is 0.328 e. The van der Waals surface area contributed by atoms with E-state index in [1.807, 2.05) is 17.5 Å². The molecule has 0 saturated carbocycles. The van der Waals surface area contributed by atoms with Crippen LogP contribution in [0.5, 0.6) is 5.88 Å². The van der Waals surface area contributed by atoms with Crippen LogP contribution in [0.15, 0.2) is 45.7 Å². The van der Waals surface area contributed by atoms with Crippen molar-refractivity contribution in [1.29, 1.82) is 0 Å². The van der Waals surface area contributed by atoms with Crippen LogP contribution in [0, 0.1) is 0 Å². The number of carbonyl (C=O) groups excluding carboxylic acids is 1. The molecule has 4 rings (SSSR count). The minimum Gasteiger partial charge on any atom is -0.476 e. The lowest BCUT2D eigenvalue weighted by Crippen LogP contribution is -2.41. The Balaban J connectivity index is 1.33. The number of carbonyl (C=O) groups is 1. The van der Waals surface area contributed by atoms with Gasteiger partial charge in [0.15, 0.2) is 0 Å². The Morgan fingerprint density at radius 2 is 2.06 bits per heavy atom. The van der Waals surface area contributed by atoms with Crippen LogP contribution in [0.4, 0.5) is 5.82 Å². The van der Waals surface area contributed by atoms with Crippen LogP contribution in [0.25, 0.3) is 0 Å². The number of piperidine rings is 1. The summed E-state index contributed by atoms with van der Waals surface area (Å²) in [4.78, 5) is 51.1. The van der Waals surface area contributed by atoms with Gasteiger partial charge in [-0.15, -0.1) is 11.3 Å². The molecule has 0 unspecified atom stereocenters. The highest BCUT2D eigenvalue weighted by Crippen LogP contribution is 2.19. The van der Waals surface area contributed by atoms with Gasteiger partial charge in [0, 0.05) is 30.2 Å². The second-order valence-electron chi connectivity index (χ2n) is 7.34. The van der Waals surface area contributed by atoms with Gasteiger partial charge in [-0.2, -0.15) is 0 Å². The standard InChI is InChI=1S/C21H24N6O4S/c28-19(16-12-23-21(30)27(20(16)29)13-15-5-4-10-32-15)22-6-9-31-18-11-17(24-14-25-18)26-7-2-1-3-8-26/h4-5,10-12,14H,1-3,6-9,13H2,(H,22,28)(H,23,30). The monoisotopic (exact) mass is 456 g/mol. The summed E-state index contributed by atoms with van der Waals surface area (Å²) >= 11 is 1.43. The first kappa shape index (κ1) is 21.8. The number of ether oxygens (including phenoxy) is 1. The summed E-state index contributed by atoms with van der Waals surface area (Å²) in [5, 5.41) is 4.50. The first-order valence-corrected chi connectivity index (χ1v) is 11.3. The van der Waals surface area contributed by atoms with Crippen LogP contribution < -0.4 is 26.2 Å². The van der Waals surface area contributed by atoms with Gasteiger partial charge in [0.05, 0.1) is 13.1 Å². The Morgan fingerprint density at radius 3 is 2.84 bits per heavy atom. The van der Waals surface area contributed by atoms with E-state index in [1.54, 1.807) is 6.07 Å². The Hall–Kier alpha value is -3.47. The van der Waals surface area contributed by atoms with E-state index in [2.05, 4.69) is 25.2 Å². The number of nitrogens with zero attached hydrogens (tertiary/aromatic N) is 4. The van der Waals surface area contributed by atoms with Crippen molar-refractivity contribution in [1.82, 2.24) is 24.8 Å². The molecule has 0 spiro atoms. The number of thiophene rings is 1. The van der Waals surface area contributed by atoms with Crippen LogP contribution in [0.3, 0.4) is 0 Å². The molecule has 2 N–H and O–H groups in total. The third kappa shape index (κ3) is 5.22. The summed E-state index contributed by atoms with van der Waals surface area (Å²) in [5.41, 5.74) is -1.32. The van der Waals surface area contributed by atoms with Crippen LogP contribution >= 0.6 is 11.3 Å². The molecule has 0 atom stereocenters. The average Bonchev–Trinajstić information content (AvgIpc) is 3.33. The zero-order chi connectivity index (χ0) is 22.3. The first-order valence-electron chi connectivity index (χ1n) is 10.4. The first-order chi connectivity index (χ1) is 15.6. The molecular weight excluding hydrogens is 432 g/mol. The van der Waals surface area contributed by atoms with Gasteiger partial charge in [-0.25, -0.2) is 14.8 Å². The normalized spacial score (nSPS) is 13.7. The SMILES string of the molecule is O=C(NCCOc1cc(N2CCCCC2)ncn1)c1c[nH]c(=O)n(Cc2cccs2)c1=O. The highest BCUT2D eigenvalue weighted by molar-refractivity contribution is 7.09. The predicted octanol–water partition coefficient (Wildman–Crippen LogP) is 1.24. The fraction of sp³-hybridized carbons (Fsp3) is 0.381. The molecule has 0 radical (unpaired) electrons. The zero-order valence-corrected chi connectivity index (χ0v) is 18.3. The van der Waals surface area contributed by atoms with Crippen LogP contribution in [-0.4, -0.2) is 51.7 Å². The summed E-state index contributed by atoms with van der Waals surface area (Å²) in [6.45, 7) is 2.40. The summed E-state index contributed by atoms with van der Waals surface area (Å²) in [7, 11) is 0. The molecule has 4 heterocycles. The Kier molecular flexibility index (Phi) is 6.95. The number of anilines is 1. The molecule has 1 saturated heterocycles. The maximum Gasteiger partial charge on any atom is 0.328 e. The van der Waals surface area contributed by atoms with Crippen LogP contribution in [0.2, 0.25) is 0 Å². The van der Waals surface area contributed by atoms with E-state index in [-0.39, 0.29) is 25.3 Å². The molecular formula is C21H24N6O4S. The number of aromatic nitrogens is 4. The molecule has 10 nitrogen and oxygen atoms in total. The number of nitrogens with one attached hydrogen (secondary N) is 2. The highest BCUT2D eigenvalue weighted by Gasteiger charge is 2.16. The quantitative estimate of drug-likeness (QED) is 0.489. The number of amides is 1. The molecule has 1 aliphatic rings. The topological polar surface area (TPSA) is 122 Å². The van der Waals surface area contributed by atoms with E-state index >= 15 is 0 Å².